The number of thiocarbonyl (C=S) groups is 1. The second-order valence-corrected chi connectivity index (χ2v) is 18.7. The zero-order valence-electron chi connectivity index (χ0n) is 37.7. The molecule has 0 bridgehead atoms. The van der Waals surface area contributed by atoms with Gasteiger partial charge in [0, 0.05) is 66.9 Å². The maximum absolute atomic E-state index is 13.6. The molecule has 6 rings (SSSR count). The first kappa shape index (κ1) is 51.8. The number of phenolic OH excluding ortho intramolecular Hbond substituents is 1. The quantitative estimate of drug-likeness (QED) is 0.0156. The molecule has 3 amide bonds. The molecule has 1 fully saturated rings. The van der Waals surface area contributed by atoms with Gasteiger partial charge in [-0.05, 0) is 111 Å². The van der Waals surface area contributed by atoms with Crippen LogP contribution in [-0.2, 0) is 29.2 Å². The third-order valence-electron chi connectivity index (χ3n) is 11.4. The number of carbonyl (C=O) groups is 5. The van der Waals surface area contributed by atoms with Crippen LogP contribution < -0.4 is 43.1 Å². The van der Waals surface area contributed by atoms with E-state index in [0.717, 1.165) is 4.31 Å². The molecule has 370 valence electrons. The molecular weight excluding hydrogens is 947 g/mol. The number of unbranched alkanes of at least 4 members (excludes halogenated alkanes) is 2. The standard InChI is InChI=1S/C47H53N9O12S2/c48-46(49)50-20-7-5-13-40(59)54-35(42(60)52-26-36(45(64)65)55-43(61)37-12-8-22-56(37)70(66,67)30-9-2-1-3-10-30)11-4-6-21-51-47(69)53-27-14-17-31(34(23-27)44(62)63)41-32-18-15-28(57)24-38(32)68-39-25-29(58)16-19-33(39)41/h1-3,9-10,14-19,23-25,35-37,57H,4-8,11-13,20-22,26H2,(H,52,60)(H,54,59)(H,55,61)(H,62,63)(H,64,65)(H4,48,49,50)(H2,51,53,69). The van der Waals surface area contributed by atoms with Crippen molar-refractivity contribution in [3.63, 3.8) is 0 Å². The summed E-state index contributed by atoms with van der Waals surface area (Å²) in [5, 5.41) is 54.6. The molecule has 2 heterocycles. The Morgan fingerprint density at radius 3 is 2.31 bits per heavy atom. The molecule has 3 aliphatic rings. The molecule has 0 radical (unpaired) electrons. The van der Waals surface area contributed by atoms with Crippen LogP contribution in [0.5, 0.6) is 5.75 Å². The highest BCUT2D eigenvalue weighted by Crippen LogP contribution is 2.42. The van der Waals surface area contributed by atoms with Crippen LogP contribution >= 0.6 is 12.2 Å². The van der Waals surface area contributed by atoms with Crippen LogP contribution in [0.15, 0.2) is 99.0 Å². The minimum Gasteiger partial charge on any atom is -0.508 e. The number of carboxylic acids is 2. The number of amides is 3. The number of nitrogens with two attached hydrogens (primary N) is 1. The molecule has 21 nitrogen and oxygen atoms in total. The number of hydrogen-bond acceptors (Lipinski definition) is 12. The number of carboxylic acid groups (broad SMARTS) is 2. The van der Waals surface area contributed by atoms with E-state index in [1.807, 2.05) is 0 Å². The van der Waals surface area contributed by atoms with Gasteiger partial charge < -0.3 is 57.4 Å². The van der Waals surface area contributed by atoms with E-state index in [1.54, 1.807) is 42.5 Å². The van der Waals surface area contributed by atoms with Crippen LogP contribution in [0, 0.1) is 5.41 Å². The van der Waals surface area contributed by atoms with Crippen LogP contribution in [0.1, 0.15) is 61.7 Å². The Morgan fingerprint density at radius 2 is 1.59 bits per heavy atom. The highest BCUT2D eigenvalue weighted by molar-refractivity contribution is 7.89. The Balaban J connectivity index is 1.06. The Morgan fingerprint density at radius 1 is 0.857 bits per heavy atom. The summed E-state index contributed by atoms with van der Waals surface area (Å²) < 4.78 is 33.6. The van der Waals surface area contributed by atoms with Crippen molar-refractivity contribution in [1.82, 2.24) is 30.9 Å². The highest BCUT2D eigenvalue weighted by atomic mass is 32.2. The molecule has 0 saturated carbocycles. The molecule has 23 heteroatoms. The summed E-state index contributed by atoms with van der Waals surface area (Å²) in [5.41, 5.74) is 6.76. The second-order valence-electron chi connectivity index (χ2n) is 16.4. The number of carbonyl (C=O) groups excluding carboxylic acids is 3. The summed E-state index contributed by atoms with van der Waals surface area (Å²) in [6.07, 6.45) is 2.37. The van der Waals surface area contributed by atoms with E-state index in [0.29, 0.717) is 66.4 Å². The van der Waals surface area contributed by atoms with Crippen molar-refractivity contribution < 1.29 is 52.1 Å². The van der Waals surface area contributed by atoms with E-state index >= 15 is 0 Å². The number of guanidine groups is 1. The number of nitrogens with zero attached hydrogens (tertiary/aromatic N) is 1. The van der Waals surface area contributed by atoms with Crippen molar-refractivity contribution in [1.29, 1.82) is 5.41 Å². The molecule has 3 unspecified atom stereocenters. The van der Waals surface area contributed by atoms with Gasteiger partial charge in [0.05, 0.1) is 10.5 Å². The number of hydrogen-bond donors (Lipinski definition) is 11. The number of rotatable bonds is 22. The first-order valence-electron chi connectivity index (χ1n) is 22.3. The van der Waals surface area contributed by atoms with Gasteiger partial charge in [-0.1, -0.05) is 24.3 Å². The SMILES string of the molecule is N=C(N)NCCCCC(=O)NC(CCCCNC(=S)Nc1ccc(-c2c3ccc(=O)cc-3oc3cc(O)ccc23)c(C(=O)O)c1)C(=O)NCC(NC(=O)C1CCCN1S(=O)(=O)c1ccccc1)C(=O)O. The molecular formula is C47H53N9O12S2. The van der Waals surface area contributed by atoms with Gasteiger partial charge in [0.1, 0.15) is 35.2 Å². The summed E-state index contributed by atoms with van der Waals surface area (Å²) in [6, 6.07) is 16.8. The maximum atomic E-state index is 13.6. The van der Waals surface area contributed by atoms with E-state index in [4.69, 9.17) is 27.8 Å². The number of benzene rings is 4. The van der Waals surface area contributed by atoms with Gasteiger partial charge in [-0.2, -0.15) is 4.31 Å². The first-order valence-corrected chi connectivity index (χ1v) is 24.1. The van der Waals surface area contributed by atoms with Crippen molar-refractivity contribution in [3.8, 4) is 28.2 Å². The Hall–Kier alpha value is -7.63. The Labute approximate surface area is 407 Å². The van der Waals surface area contributed by atoms with Crippen molar-refractivity contribution in [2.45, 2.75) is 74.4 Å². The van der Waals surface area contributed by atoms with Gasteiger partial charge in [0.25, 0.3) is 0 Å². The number of aromatic carboxylic acids is 1. The highest BCUT2D eigenvalue weighted by Gasteiger charge is 2.40. The van der Waals surface area contributed by atoms with E-state index in [9.17, 15) is 52.5 Å². The topological polar surface area (TPSA) is 336 Å². The van der Waals surface area contributed by atoms with E-state index < -0.39 is 64.4 Å². The smallest absolute Gasteiger partial charge is 0.336 e. The van der Waals surface area contributed by atoms with Crippen molar-refractivity contribution in [2.75, 3.05) is 31.5 Å². The van der Waals surface area contributed by atoms with Gasteiger partial charge in [-0.3, -0.25) is 24.6 Å². The fourth-order valence-electron chi connectivity index (χ4n) is 8.00. The number of sulfonamides is 1. The lowest BCUT2D eigenvalue weighted by Crippen LogP contribution is -2.55. The summed E-state index contributed by atoms with van der Waals surface area (Å²) in [7, 11) is -4.06. The number of aromatic hydroxyl groups is 1. The molecule has 1 aliphatic carbocycles. The molecule has 3 aromatic carbocycles. The van der Waals surface area contributed by atoms with Crippen LogP contribution in [0.3, 0.4) is 0 Å². The molecule has 2 aliphatic heterocycles. The summed E-state index contributed by atoms with van der Waals surface area (Å²) in [4.78, 5) is 77.1. The predicted octanol–water partition coefficient (Wildman–Crippen LogP) is 3.10. The van der Waals surface area contributed by atoms with Crippen molar-refractivity contribution in [3.05, 3.63) is 101 Å². The van der Waals surface area contributed by atoms with Gasteiger partial charge in [0.15, 0.2) is 16.5 Å². The van der Waals surface area contributed by atoms with Crippen LogP contribution in [0.25, 0.3) is 33.4 Å². The molecule has 0 aromatic heterocycles. The van der Waals surface area contributed by atoms with Gasteiger partial charge in [0.2, 0.25) is 27.7 Å². The molecule has 3 aromatic rings. The maximum Gasteiger partial charge on any atom is 0.336 e. The minimum absolute atomic E-state index is 0.0118. The second kappa shape index (κ2) is 23.6. The van der Waals surface area contributed by atoms with Crippen LogP contribution in [0.2, 0.25) is 0 Å². The van der Waals surface area contributed by atoms with E-state index in [-0.39, 0.29) is 76.4 Å². The third kappa shape index (κ3) is 13.3. The van der Waals surface area contributed by atoms with E-state index in [2.05, 4.69) is 31.9 Å². The lowest BCUT2D eigenvalue weighted by atomic mass is 9.90. The summed E-state index contributed by atoms with van der Waals surface area (Å²) in [5.74, 6) is -4.83. The predicted molar refractivity (Wildman–Crippen MR) is 263 cm³/mol. The number of phenols is 1. The zero-order chi connectivity index (χ0) is 50.5. The lowest BCUT2D eigenvalue weighted by molar-refractivity contribution is -0.142. The van der Waals surface area contributed by atoms with E-state index in [1.165, 1.54) is 42.5 Å². The normalized spacial score (nSPS) is 14.5. The summed E-state index contributed by atoms with van der Waals surface area (Å²) >= 11 is 5.50. The molecule has 0 spiro atoms. The number of aliphatic carboxylic acids is 1. The molecule has 70 heavy (non-hydrogen) atoms. The zero-order valence-corrected chi connectivity index (χ0v) is 39.3. The lowest BCUT2D eigenvalue weighted by Gasteiger charge is -2.25. The Bertz CT molecular complexity index is 2920. The van der Waals surface area contributed by atoms with Gasteiger partial charge >= 0.3 is 11.9 Å². The largest absolute Gasteiger partial charge is 0.508 e. The van der Waals surface area contributed by atoms with Crippen molar-refractivity contribution >= 4 is 79.6 Å². The van der Waals surface area contributed by atoms with Gasteiger partial charge in [-0.25, -0.2) is 18.0 Å². The minimum atomic E-state index is -4.06. The molecule has 1 saturated heterocycles. The fraction of sp³-hybridized carbons (Fsp3) is 0.319. The number of nitrogens with one attached hydrogen (secondary N) is 7. The van der Waals surface area contributed by atoms with Gasteiger partial charge in [-0.15, -0.1) is 0 Å². The fourth-order valence-corrected chi connectivity index (χ4v) is 9.89. The average Bonchev–Trinajstić information content (AvgIpc) is 3.83. The summed E-state index contributed by atoms with van der Waals surface area (Å²) in [6.45, 7) is 0.126. The van der Waals surface area contributed by atoms with Crippen molar-refractivity contribution in [2.24, 2.45) is 5.73 Å². The Kier molecular flexibility index (Phi) is 17.4. The van der Waals surface area contributed by atoms with Crippen LogP contribution in [0.4, 0.5) is 5.69 Å². The average molecular weight is 1000 g/mol. The first-order chi connectivity index (χ1) is 33.4. The monoisotopic (exact) mass is 999 g/mol. The number of fused-ring (bicyclic) bond motifs is 2. The third-order valence-corrected chi connectivity index (χ3v) is 13.6. The molecule has 3 atom stereocenters. The molecule has 12 N–H and O–H groups in total. The number of anilines is 1. The van der Waals surface area contributed by atoms with Crippen LogP contribution in [-0.4, -0.2) is 113 Å².